The van der Waals surface area contributed by atoms with Gasteiger partial charge in [0.2, 0.25) is 5.88 Å². The van der Waals surface area contributed by atoms with Gasteiger partial charge in [-0.2, -0.15) is 0 Å². The summed E-state index contributed by atoms with van der Waals surface area (Å²) in [5.41, 5.74) is 6.95. The number of nitrogens with two attached hydrogens (primary N) is 1. The third kappa shape index (κ3) is 2.50. The first kappa shape index (κ1) is 14.0. The molecule has 2 heterocycles. The highest BCUT2D eigenvalue weighted by molar-refractivity contribution is 6.37. The lowest BCUT2D eigenvalue weighted by Crippen LogP contribution is -1.96. The Hall–Kier alpha value is -1.98. The first-order valence-corrected chi connectivity index (χ1v) is 7.08. The van der Waals surface area contributed by atoms with Crippen molar-refractivity contribution in [3.63, 3.8) is 0 Å². The maximum atomic E-state index is 6.13. The minimum atomic E-state index is 0.330. The van der Waals surface area contributed by atoms with Crippen molar-refractivity contribution in [2.75, 3.05) is 5.73 Å². The van der Waals surface area contributed by atoms with Crippen LogP contribution in [0.2, 0.25) is 10.0 Å². The van der Waals surface area contributed by atoms with Crippen LogP contribution in [-0.4, -0.2) is 14.5 Å². The van der Waals surface area contributed by atoms with Crippen molar-refractivity contribution in [3.05, 3.63) is 40.8 Å². The molecule has 1 aromatic carbocycles. The van der Waals surface area contributed by atoms with E-state index in [9.17, 15) is 0 Å². The fourth-order valence-corrected chi connectivity index (χ4v) is 2.67. The number of hydrogen-bond acceptors (Lipinski definition) is 4. The molecule has 3 aromatic rings. The minimum absolute atomic E-state index is 0.330. The van der Waals surface area contributed by atoms with Crippen LogP contribution < -0.4 is 10.5 Å². The van der Waals surface area contributed by atoms with Crippen molar-refractivity contribution >= 4 is 39.9 Å². The highest BCUT2D eigenvalue weighted by Gasteiger charge is 2.14. The Morgan fingerprint density at radius 1 is 1.24 bits per heavy atom. The molecule has 0 saturated carbocycles. The highest BCUT2D eigenvalue weighted by atomic mass is 35.5. The topological polar surface area (TPSA) is 66.0 Å². The molecule has 0 spiro atoms. The monoisotopic (exact) mass is 322 g/mol. The third-order valence-electron chi connectivity index (χ3n) is 3.08. The number of halogens is 2. The zero-order valence-corrected chi connectivity index (χ0v) is 12.7. The number of aryl methyl sites for hydroxylation is 1. The van der Waals surface area contributed by atoms with Gasteiger partial charge in [0, 0.05) is 18.4 Å². The lowest BCUT2D eigenvalue weighted by atomic mass is 10.3. The molecule has 0 aliphatic carbocycles. The SMILES string of the molecule is CCn1ccc2c(Oc3c(Cl)cc(N)cc3Cl)ncnc21. The van der Waals surface area contributed by atoms with Gasteiger partial charge in [-0.15, -0.1) is 0 Å². The van der Waals surface area contributed by atoms with Crippen molar-refractivity contribution < 1.29 is 4.74 Å². The van der Waals surface area contributed by atoms with E-state index in [4.69, 9.17) is 33.7 Å². The maximum absolute atomic E-state index is 6.13. The average molecular weight is 323 g/mol. The molecule has 7 heteroatoms. The molecule has 2 N–H and O–H groups in total. The number of benzene rings is 1. The summed E-state index contributed by atoms with van der Waals surface area (Å²) in [6, 6.07) is 5.06. The second-order valence-electron chi connectivity index (χ2n) is 4.43. The zero-order chi connectivity index (χ0) is 15.0. The summed E-state index contributed by atoms with van der Waals surface area (Å²) in [6.45, 7) is 2.85. The van der Waals surface area contributed by atoms with Crippen LogP contribution in [0.25, 0.3) is 11.0 Å². The lowest BCUT2D eigenvalue weighted by Gasteiger charge is -2.10. The van der Waals surface area contributed by atoms with E-state index in [1.807, 2.05) is 23.8 Å². The van der Waals surface area contributed by atoms with E-state index < -0.39 is 0 Å². The van der Waals surface area contributed by atoms with Gasteiger partial charge in [0.1, 0.15) is 12.0 Å². The van der Waals surface area contributed by atoms with Crippen LogP contribution in [0.3, 0.4) is 0 Å². The van der Waals surface area contributed by atoms with Gasteiger partial charge < -0.3 is 15.0 Å². The predicted octanol–water partition coefficient (Wildman–Crippen LogP) is 4.13. The van der Waals surface area contributed by atoms with Crippen LogP contribution in [0.5, 0.6) is 11.6 Å². The third-order valence-corrected chi connectivity index (χ3v) is 3.64. The van der Waals surface area contributed by atoms with Gasteiger partial charge in [0.05, 0.1) is 15.4 Å². The average Bonchev–Trinajstić information content (AvgIpc) is 2.86. The van der Waals surface area contributed by atoms with Gasteiger partial charge in [-0.1, -0.05) is 23.2 Å². The number of nitrogen functional groups attached to an aromatic ring is 1. The Morgan fingerprint density at radius 2 is 1.95 bits per heavy atom. The van der Waals surface area contributed by atoms with Crippen LogP contribution >= 0.6 is 23.2 Å². The van der Waals surface area contributed by atoms with Crippen LogP contribution in [0.4, 0.5) is 5.69 Å². The number of fused-ring (bicyclic) bond motifs is 1. The Labute approximate surface area is 131 Å². The molecule has 108 valence electrons. The molecule has 0 unspecified atom stereocenters. The zero-order valence-electron chi connectivity index (χ0n) is 11.2. The molecule has 0 aliphatic rings. The molecule has 0 amide bonds. The second-order valence-corrected chi connectivity index (χ2v) is 5.25. The van der Waals surface area contributed by atoms with E-state index in [1.165, 1.54) is 6.33 Å². The summed E-state index contributed by atoms with van der Waals surface area (Å²) >= 11 is 12.3. The number of aromatic nitrogens is 3. The van der Waals surface area contributed by atoms with Crippen LogP contribution in [0, 0.1) is 0 Å². The fraction of sp³-hybridized carbons (Fsp3) is 0.143. The van der Waals surface area contributed by atoms with Crippen LogP contribution in [-0.2, 0) is 6.54 Å². The van der Waals surface area contributed by atoms with E-state index >= 15 is 0 Å². The normalized spacial score (nSPS) is 11.0. The summed E-state index contributed by atoms with van der Waals surface area (Å²) < 4.78 is 7.78. The molecule has 0 atom stereocenters. The van der Waals surface area contributed by atoms with Gasteiger partial charge in [0.25, 0.3) is 0 Å². The van der Waals surface area contributed by atoms with Gasteiger partial charge in [-0.25, -0.2) is 9.97 Å². The Bertz CT molecular complexity index is 793. The molecule has 21 heavy (non-hydrogen) atoms. The van der Waals surface area contributed by atoms with E-state index in [0.29, 0.717) is 27.4 Å². The molecule has 0 fully saturated rings. The second kappa shape index (κ2) is 5.42. The molecule has 5 nitrogen and oxygen atoms in total. The Kier molecular flexibility index (Phi) is 3.61. The lowest BCUT2D eigenvalue weighted by molar-refractivity contribution is 0.468. The summed E-state index contributed by atoms with van der Waals surface area (Å²) in [5.74, 6) is 0.734. The van der Waals surface area contributed by atoms with E-state index in [0.717, 1.165) is 17.6 Å². The van der Waals surface area contributed by atoms with Gasteiger partial charge in [-0.05, 0) is 25.1 Å². The summed E-state index contributed by atoms with van der Waals surface area (Å²) in [4.78, 5) is 8.42. The Morgan fingerprint density at radius 3 is 2.62 bits per heavy atom. The minimum Gasteiger partial charge on any atom is -0.435 e. The largest absolute Gasteiger partial charge is 0.435 e. The molecular formula is C14H12Cl2N4O. The first-order chi connectivity index (χ1) is 10.1. The molecule has 0 aliphatic heterocycles. The Balaban J connectivity index is 2.09. The van der Waals surface area contributed by atoms with Gasteiger partial charge in [-0.3, -0.25) is 0 Å². The number of nitrogens with zero attached hydrogens (tertiary/aromatic N) is 3. The smallest absolute Gasteiger partial charge is 0.231 e. The van der Waals surface area contributed by atoms with Crippen molar-refractivity contribution in [2.45, 2.75) is 13.5 Å². The van der Waals surface area contributed by atoms with Crippen molar-refractivity contribution in [3.8, 4) is 11.6 Å². The van der Waals surface area contributed by atoms with Gasteiger partial charge in [0.15, 0.2) is 5.75 Å². The fourth-order valence-electron chi connectivity index (χ4n) is 2.09. The predicted molar refractivity (Wildman–Crippen MR) is 84.2 cm³/mol. The van der Waals surface area contributed by atoms with E-state index in [1.54, 1.807) is 12.1 Å². The highest BCUT2D eigenvalue weighted by Crippen LogP contribution is 2.39. The molecular weight excluding hydrogens is 311 g/mol. The van der Waals surface area contributed by atoms with E-state index in [2.05, 4.69) is 9.97 Å². The number of rotatable bonds is 3. The number of ether oxygens (including phenoxy) is 1. The molecule has 0 saturated heterocycles. The van der Waals surface area contributed by atoms with E-state index in [-0.39, 0.29) is 0 Å². The molecule has 0 bridgehead atoms. The van der Waals surface area contributed by atoms with Crippen LogP contribution in [0.15, 0.2) is 30.7 Å². The van der Waals surface area contributed by atoms with Crippen LogP contribution in [0.1, 0.15) is 6.92 Å². The number of hydrogen-bond donors (Lipinski definition) is 1. The molecule has 0 radical (unpaired) electrons. The van der Waals surface area contributed by atoms with Crippen molar-refractivity contribution in [1.82, 2.24) is 14.5 Å². The standard InChI is InChI=1S/C14H12Cl2N4O/c1-2-20-4-3-9-13(20)18-7-19-14(9)21-12-10(15)5-8(17)6-11(12)16/h3-7H,2,17H2,1H3. The van der Waals surface area contributed by atoms with Crippen molar-refractivity contribution in [2.24, 2.45) is 0 Å². The van der Waals surface area contributed by atoms with Crippen molar-refractivity contribution in [1.29, 1.82) is 0 Å². The number of anilines is 1. The molecule has 2 aromatic heterocycles. The molecule has 3 rings (SSSR count). The quantitative estimate of drug-likeness (QED) is 0.736. The maximum Gasteiger partial charge on any atom is 0.231 e. The summed E-state index contributed by atoms with van der Waals surface area (Å²) in [7, 11) is 0. The first-order valence-electron chi connectivity index (χ1n) is 6.32. The summed E-state index contributed by atoms with van der Waals surface area (Å²) in [5, 5.41) is 1.46. The summed E-state index contributed by atoms with van der Waals surface area (Å²) in [6.07, 6.45) is 3.38. The van der Waals surface area contributed by atoms with Gasteiger partial charge >= 0.3 is 0 Å².